The number of aromatic nitrogens is 1. The number of hydrogen-bond donors (Lipinski definition) is 2. The van der Waals surface area contributed by atoms with Gasteiger partial charge < -0.3 is 20.3 Å². The number of methoxy groups -OCH3 is 1. The summed E-state index contributed by atoms with van der Waals surface area (Å²) in [5.41, 5.74) is 7.52. The van der Waals surface area contributed by atoms with Crippen LogP contribution in [0.3, 0.4) is 0 Å². The summed E-state index contributed by atoms with van der Waals surface area (Å²) in [5.74, 6) is 0.709. The Morgan fingerprint density at radius 3 is 2.63 bits per heavy atom. The molecular formula is C12H22ClN3O3. The fourth-order valence-electron chi connectivity index (χ4n) is 1.94. The van der Waals surface area contributed by atoms with Crippen molar-refractivity contribution in [1.82, 2.24) is 10.5 Å². The van der Waals surface area contributed by atoms with Gasteiger partial charge in [-0.1, -0.05) is 12.1 Å². The Morgan fingerprint density at radius 2 is 2.16 bits per heavy atom. The first-order valence-corrected chi connectivity index (χ1v) is 5.92. The zero-order valence-electron chi connectivity index (χ0n) is 11.7. The lowest BCUT2D eigenvalue weighted by Crippen LogP contribution is -2.44. The maximum Gasteiger partial charge on any atom is 0.239 e. The molecule has 7 heteroatoms. The third-order valence-electron chi connectivity index (χ3n) is 2.85. The van der Waals surface area contributed by atoms with Gasteiger partial charge >= 0.3 is 0 Å². The van der Waals surface area contributed by atoms with Gasteiger partial charge in [0.05, 0.1) is 12.3 Å². The maximum absolute atomic E-state index is 11.6. The molecule has 1 heterocycles. The van der Waals surface area contributed by atoms with E-state index in [0.29, 0.717) is 6.54 Å². The van der Waals surface area contributed by atoms with E-state index in [4.69, 9.17) is 15.0 Å². The molecule has 0 aromatic carbocycles. The van der Waals surface area contributed by atoms with Crippen molar-refractivity contribution in [3.8, 4) is 0 Å². The van der Waals surface area contributed by atoms with Crippen molar-refractivity contribution in [2.45, 2.75) is 32.7 Å². The van der Waals surface area contributed by atoms with E-state index in [1.165, 1.54) is 7.11 Å². The van der Waals surface area contributed by atoms with Crippen molar-refractivity contribution in [3.63, 3.8) is 0 Å². The van der Waals surface area contributed by atoms with E-state index in [2.05, 4.69) is 10.5 Å². The topological polar surface area (TPSA) is 90.4 Å². The second-order valence-electron chi connectivity index (χ2n) is 4.45. The van der Waals surface area contributed by atoms with Gasteiger partial charge in [-0.05, 0) is 13.8 Å². The Labute approximate surface area is 119 Å². The number of aryl methyl sites for hydroxylation is 2. The Kier molecular flexibility index (Phi) is 7.66. The molecule has 0 spiro atoms. The second-order valence-corrected chi connectivity index (χ2v) is 4.45. The largest absolute Gasteiger partial charge is 0.383 e. The molecule has 0 saturated carbocycles. The number of amides is 1. The molecule has 1 aromatic heterocycles. The summed E-state index contributed by atoms with van der Waals surface area (Å²) < 4.78 is 9.93. The van der Waals surface area contributed by atoms with Crippen LogP contribution in [0.15, 0.2) is 4.52 Å². The average Bonchev–Trinajstić information content (AvgIpc) is 2.66. The number of halogens is 1. The van der Waals surface area contributed by atoms with Gasteiger partial charge in [-0.3, -0.25) is 4.79 Å². The lowest BCUT2D eigenvalue weighted by atomic mass is 9.99. The van der Waals surface area contributed by atoms with Crippen LogP contribution in [0, 0.1) is 13.8 Å². The Hall–Kier alpha value is -1.11. The van der Waals surface area contributed by atoms with Gasteiger partial charge in [-0.25, -0.2) is 0 Å². The van der Waals surface area contributed by atoms with Crippen molar-refractivity contribution in [2.75, 3.05) is 20.3 Å². The van der Waals surface area contributed by atoms with E-state index in [1.54, 1.807) is 0 Å². The Bertz CT molecular complexity index is 389. The van der Waals surface area contributed by atoms with Crippen LogP contribution < -0.4 is 11.1 Å². The van der Waals surface area contributed by atoms with Crippen molar-refractivity contribution in [3.05, 3.63) is 17.0 Å². The Morgan fingerprint density at radius 1 is 1.53 bits per heavy atom. The predicted octanol–water partition coefficient (Wildman–Crippen LogP) is 0.907. The summed E-state index contributed by atoms with van der Waals surface area (Å²) in [6, 6.07) is -0.633. The highest BCUT2D eigenvalue weighted by Crippen LogP contribution is 2.22. The minimum Gasteiger partial charge on any atom is -0.383 e. The molecule has 0 aliphatic carbocycles. The SMILES string of the molecule is COCC(N)C(=O)NCC(C)c1c(C)noc1C.Cl. The first-order valence-electron chi connectivity index (χ1n) is 5.92. The first-order chi connectivity index (χ1) is 8.47. The van der Waals surface area contributed by atoms with Gasteiger partial charge in [0.2, 0.25) is 5.91 Å². The highest BCUT2D eigenvalue weighted by atomic mass is 35.5. The van der Waals surface area contributed by atoms with Crippen LogP contribution in [0.4, 0.5) is 0 Å². The van der Waals surface area contributed by atoms with Gasteiger partial charge in [0, 0.05) is 25.1 Å². The van der Waals surface area contributed by atoms with Crippen LogP contribution in [-0.4, -0.2) is 37.4 Å². The van der Waals surface area contributed by atoms with Gasteiger partial charge in [0.15, 0.2) is 0 Å². The zero-order valence-corrected chi connectivity index (χ0v) is 12.5. The van der Waals surface area contributed by atoms with Gasteiger partial charge in [0.25, 0.3) is 0 Å². The van der Waals surface area contributed by atoms with Gasteiger partial charge in [-0.2, -0.15) is 0 Å². The minimum atomic E-state index is -0.633. The fraction of sp³-hybridized carbons (Fsp3) is 0.667. The van der Waals surface area contributed by atoms with Crippen LogP contribution in [0.5, 0.6) is 0 Å². The van der Waals surface area contributed by atoms with E-state index in [0.717, 1.165) is 17.0 Å². The van der Waals surface area contributed by atoms with Crippen LogP contribution >= 0.6 is 12.4 Å². The summed E-state index contributed by atoms with van der Waals surface area (Å²) in [6.45, 7) is 6.48. The third-order valence-corrected chi connectivity index (χ3v) is 2.85. The van der Waals surface area contributed by atoms with Crippen molar-refractivity contribution in [2.24, 2.45) is 5.73 Å². The molecule has 0 aliphatic rings. The number of nitrogens with one attached hydrogen (secondary N) is 1. The number of carbonyl (C=O) groups is 1. The van der Waals surface area contributed by atoms with E-state index in [9.17, 15) is 4.79 Å². The number of nitrogens with zero attached hydrogens (tertiary/aromatic N) is 1. The molecule has 2 unspecified atom stereocenters. The first kappa shape index (κ1) is 17.9. The lowest BCUT2D eigenvalue weighted by molar-refractivity contribution is -0.123. The van der Waals surface area contributed by atoms with Crippen LogP contribution in [0.25, 0.3) is 0 Å². The highest BCUT2D eigenvalue weighted by molar-refractivity contribution is 5.85. The normalized spacial score (nSPS) is 13.5. The van der Waals surface area contributed by atoms with Gasteiger partial charge in [-0.15, -0.1) is 12.4 Å². The van der Waals surface area contributed by atoms with Crippen molar-refractivity contribution >= 4 is 18.3 Å². The average molecular weight is 292 g/mol. The summed E-state index contributed by atoms with van der Waals surface area (Å²) in [4.78, 5) is 11.6. The van der Waals surface area contributed by atoms with E-state index in [1.807, 2.05) is 20.8 Å². The molecule has 110 valence electrons. The number of carbonyl (C=O) groups excluding carboxylic acids is 1. The predicted molar refractivity (Wildman–Crippen MR) is 74.5 cm³/mol. The molecule has 2 atom stereocenters. The summed E-state index contributed by atoms with van der Waals surface area (Å²) in [5, 5.41) is 6.69. The quantitative estimate of drug-likeness (QED) is 0.813. The molecule has 0 saturated heterocycles. The molecule has 0 aliphatic heterocycles. The van der Waals surface area contributed by atoms with Crippen LogP contribution in [0.1, 0.15) is 29.9 Å². The van der Waals surface area contributed by atoms with Crippen LogP contribution in [-0.2, 0) is 9.53 Å². The van der Waals surface area contributed by atoms with E-state index in [-0.39, 0.29) is 30.8 Å². The number of ether oxygens (including phenoxy) is 1. The molecule has 6 nitrogen and oxygen atoms in total. The smallest absolute Gasteiger partial charge is 0.239 e. The number of hydrogen-bond acceptors (Lipinski definition) is 5. The zero-order chi connectivity index (χ0) is 13.7. The molecule has 1 amide bonds. The van der Waals surface area contributed by atoms with E-state index < -0.39 is 6.04 Å². The molecule has 0 fully saturated rings. The third kappa shape index (κ3) is 4.81. The second kappa shape index (κ2) is 8.14. The molecule has 0 radical (unpaired) electrons. The van der Waals surface area contributed by atoms with Gasteiger partial charge in [0.1, 0.15) is 11.8 Å². The molecule has 0 bridgehead atoms. The summed E-state index contributed by atoms with van der Waals surface area (Å²) >= 11 is 0. The molecule has 3 N–H and O–H groups in total. The monoisotopic (exact) mass is 291 g/mol. The lowest BCUT2D eigenvalue weighted by Gasteiger charge is -2.15. The van der Waals surface area contributed by atoms with Crippen LogP contribution in [0.2, 0.25) is 0 Å². The number of rotatable bonds is 6. The number of nitrogens with two attached hydrogens (primary N) is 1. The maximum atomic E-state index is 11.6. The van der Waals surface area contributed by atoms with E-state index >= 15 is 0 Å². The molecule has 1 aromatic rings. The van der Waals surface area contributed by atoms with Crippen molar-refractivity contribution in [1.29, 1.82) is 0 Å². The minimum absolute atomic E-state index is 0. The highest BCUT2D eigenvalue weighted by Gasteiger charge is 2.18. The standard InChI is InChI=1S/C12H21N3O3.ClH/c1-7(11-8(2)15-18-9(11)3)5-14-12(16)10(13)6-17-4;/h7,10H,5-6,13H2,1-4H3,(H,14,16);1H. The van der Waals surface area contributed by atoms with Crippen molar-refractivity contribution < 1.29 is 14.1 Å². The Balaban J connectivity index is 0.00000324. The molecular weight excluding hydrogens is 270 g/mol. The summed E-state index contributed by atoms with van der Waals surface area (Å²) in [6.07, 6.45) is 0. The molecule has 19 heavy (non-hydrogen) atoms. The summed E-state index contributed by atoms with van der Waals surface area (Å²) in [7, 11) is 1.51. The fourth-order valence-corrected chi connectivity index (χ4v) is 1.94. The molecule has 1 rings (SSSR count).